The highest BCUT2D eigenvalue weighted by Crippen LogP contribution is 2.43. The molecule has 2 saturated heterocycles. The van der Waals surface area contributed by atoms with Gasteiger partial charge in [0.25, 0.3) is 5.91 Å². The maximum Gasteiger partial charge on any atom is 0.252 e. The number of aliphatic imine (C=N–C) groups is 1. The normalized spacial score (nSPS) is 23.6. The quantitative estimate of drug-likeness (QED) is 0.655. The second-order valence-corrected chi connectivity index (χ2v) is 11.3. The van der Waals surface area contributed by atoms with E-state index in [0.29, 0.717) is 26.6 Å². The zero-order chi connectivity index (χ0) is 21.5. The first-order valence-corrected chi connectivity index (χ1v) is 12.6. The second kappa shape index (κ2) is 8.42. The molecule has 2 heterocycles. The van der Waals surface area contributed by atoms with Gasteiger partial charge in [-0.15, -0.1) is 0 Å². The van der Waals surface area contributed by atoms with Crippen molar-refractivity contribution in [3.8, 4) is 5.75 Å². The molecule has 0 spiro atoms. The summed E-state index contributed by atoms with van der Waals surface area (Å²) in [6.45, 7) is 0. The van der Waals surface area contributed by atoms with E-state index >= 15 is 0 Å². The van der Waals surface area contributed by atoms with E-state index in [0.717, 1.165) is 5.56 Å². The summed E-state index contributed by atoms with van der Waals surface area (Å²) in [6, 6.07) is 11.9. The predicted molar refractivity (Wildman–Crippen MR) is 122 cm³/mol. The van der Waals surface area contributed by atoms with Crippen molar-refractivity contribution in [1.82, 2.24) is 0 Å². The number of carbonyl (C=O) groups excluding carboxylic acids is 1. The molecule has 0 unspecified atom stereocenters. The Morgan fingerprint density at radius 2 is 1.93 bits per heavy atom. The summed E-state index contributed by atoms with van der Waals surface area (Å²) in [4.78, 5) is 18.7. The van der Waals surface area contributed by atoms with Crippen LogP contribution in [0.3, 0.4) is 0 Å². The average molecular weight is 485 g/mol. The molecular formula is C20H18Cl2N2O4S2. The van der Waals surface area contributed by atoms with Gasteiger partial charge < -0.3 is 9.64 Å². The number of anilines is 1. The van der Waals surface area contributed by atoms with Crippen molar-refractivity contribution in [2.24, 2.45) is 4.99 Å². The van der Waals surface area contributed by atoms with Crippen molar-refractivity contribution in [1.29, 1.82) is 0 Å². The number of methoxy groups -OCH3 is 1. The zero-order valence-electron chi connectivity index (χ0n) is 15.9. The van der Waals surface area contributed by atoms with E-state index in [1.807, 2.05) is 12.1 Å². The predicted octanol–water partition coefficient (Wildman–Crippen LogP) is 3.85. The Kier molecular flexibility index (Phi) is 6.03. The summed E-state index contributed by atoms with van der Waals surface area (Å²) in [5.74, 6) is 0.437. The van der Waals surface area contributed by atoms with Gasteiger partial charge in [-0.1, -0.05) is 47.1 Å². The van der Waals surface area contributed by atoms with E-state index < -0.39 is 9.84 Å². The van der Waals surface area contributed by atoms with Crippen LogP contribution in [-0.4, -0.2) is 49.4 Å². The number of hydrogen-bond donors (Lipinski definition) is 0. The molecule has 6 nitrogen and oxygen atoms in total. The van der Waals surface area contributed by atoms with Gasteiger partial charge in [0.15, 0.2) is 15.0 Å². The number of thioether (sulfide) groups is 1. The van der Waals surface area contributed by atoms with Crippen molar-refractivity contribution in [3.63, 3.8) is 0 Å². The Labute approximate surface area is 189 Å². The van der Waals surface area contributed by atoms with Gasteiger partial charge in [-0.25, -0.2) is 8.42 Å². The number of amides is 1. The topological polar surface area (TPSA) is 76.0 Å². The van der Waals surface area contributed by atoms with E-state index in [2.05, 4.69) is 4.99 Å². The van der Waals surface area contributed by atoms with Gasteiger partial charge in [-0.3, -0.25) is 4.79 Å². The third-order valence-electron chi connectivity index (χ3n) is 4.97. The molecule has 2 atom stereocenters. The van der Waals surface area contributed by atoms with E-state index in [4.69, 9.17) is 27.9 Å². The second-order valence-electron chi connectivity index (χ2n) is 7.08. The number of carbonyl (C=O) groups is 1. The third-order valence-corrected chi connectivity index (χ3v) is 8.72. The van der Waals surface area contributed by atoms with E-state index in [-0.39, 0.29) is 35.1 Å². The molecule has 4 rings (SSSR count). The molecule has 2 aliphatic rings. The molecule has 0 N–H and O–H groups in total. The minimum absolute atomic E-state index is 0.00465. The Hall–Kier alpha value is -1.74. The number of benzene rings is 2. The van der Waals surface area contributed by atoms with Crippen LogP contribution < -0.4 is 9.64 Å². The fourth-order valence-electron chi connectivity index (χ4n) is 3.59. The van der Waals surface area contributed by atoms with Gasteiger partial charge in [0, 0.05) is 10.3 Å². The zero-order valence-corrected chi connectivity index (χ0v) is 19.1. The molecule has 158 valence electrons. The van der Waals surface area contributed by atoms with E-state index in [9.17, 15) is 13.2 Å². The molecule has 30 heavy (non-hydrogen) atoms. The average Bonchev–Trinajstić information content (AvgIpc) is 3.13. The Morgan fingerprint density at radius 1 is 1.20 bits per heavy atom. The van der Waals surface area contributed by atoms with Crippen LogP contribution in [0, 0.1) is 0 Å². The lowest BCUT2D eigenvalue weighted by Crippen LogP contribution is -2.38. The number of amidine groups is 1. The first-order valence-electron chi connectivity index (χ1n) is 9.11. The van der Waals surface area contributed by atoms with Gasteiger partial charge >= 0.3 is 0 Å². The highest BCUT2D eigenvalue weighted by atomic mass is 35.5. The van der Waals surface area contributed by atoms with Crippen LogP contribution in [0.15, 0.2) is 47.5 Å². The van der Waals surface area contributed by atoms with Crippen LogP contribution in [0.1, 0.15) is 5.56 Å². The standard InChI is InChI=1S/C20H18Cl2N2O4S2/c1-28-14-5-2-12(3-6-14)8-19(25)23-20-24(16-7-4-13(21)9-15(16)22)17-10-30(26,27)11-18(17)29-20/h2-7,9,17-18H,8,10-11H2,1H3/t17-,18-/m1/s1. The van der Waals surface area contributed by atoms with Crippen molar-refractivity contribution in [3.05, 3.63) is 58.1 Å². The fourth-order valence-corrected chi connectivity index (χ4v) is 8.01. The van der Waals surface area contributed by atoms with Crippen molar-refractivity contribution >= 4 is 61.6 Å². The number of ether oxygens (including phenoxy) is 1. The third kappa shape index (κ3) is 4.46. The lowest BCUT2D eigenvalue weighted by atomic mass is 10.1. The maximum atomic E-state index is 12.7. The SMILES string of the molecule is COc1ccc(CC(=O)N=C2S[C@@H]3CS(=O)(=O)C[C@H]3N2c2ccc(Cl)cc2Cl)cc1. The Balaban J connectivity index is 1.63. The molecule has 0 radical (unpaired) electrons. The molecule has 0 saturated carbocycles. The van der Waals surface area contributed by atoms with Crippen molar-refractivity contribution in [2.45, 2.75) is 17.7 Å². The molecule has 0 bridgehead atoms. The van der Waals surface area contributed by atoms with Crippen LogP contribution >= 0.6 is 35.0 Å². The highest BCUT2D eigenvalue weighted by Gasteiger charge is 2.49. The Morgan fingerprint density at radius 3 is 2.60 bits per heavy atom. The van der Waals surface area contributed by atoms with Crippen LogP contribution in [0.5, 0.6) is 5.75 Å². The summed E-state index contributed by atoms with van der Waals surface area (Å²) in [7, 11) is -1.58. The van der Waals surface area contributed by atoms with Crippen LogP contribution in [-0.2, 0) is 21.1 Å². The minimum atomic E-state index is -3.16. The van der Waals surface area contributed by atoms with Gasteiger partial charge in [0.05, 0.1) is 41.8 Å². The molecule has 2 aliphatic heterocycles. The molecule has 2 aromatic carbocycles. The molecule has 10 heteroatoms. The molecule has 1 amide bonds. The lowest BCUT2D eigenvalue weighted by molar-refractivity contribution is -0.117. The van der Waals surface area contributed by atoms with Crippen molar-refractivity contribution in [2.75, 3.05) is 23.5 Å². The number of halogens is 2. The van der Waals surface area contributed by atoms with Gasteiger partial charge in [-0.05, 0) is 35.9 Å². The summed E-state index contributed by atoms with van der Waals surface area (Å²) >= 11 is 13.7. The number of fused-ring (bicyclic) bond motifs is 1. The molecular weight excluding hydrogens is 467 g/mol. The highest BCUT2D eigenvalue weighted by molar-refractivity contribution is 8.16. The minimum Gasteiger partial charge on any atom is -0.497 e. The van der Waals surface area contributed by atoms with Gasteiger partial charge in [0.2, 0.25) is 0 Å². The van der Waals surface area contributed by atoms with Crippen LogP contribution in [0.4, 0.5) is 5.69 Å². The van der Waals surface area contributed by atoms with Crippen LogP contribution in [0.2, 0.25) is 10.0 Å². The van der Waals surface area contributed by atoms with Gasteiger partial charge in [-0.2, -0.15) is 4.99 Å². The summed E-state index contributed by atoms with van der Waals surface area (Å²) < 4.78 is 29.5. The van der Waals surface area contributed by atoms with Crippen molar-refractivity contribution < 1.29 is 17.9 Å². The van der Waals surface area contributed by atoms with Gasteiger partial charge in [0.1, 0.15) is 5.75 Å². The monoisotopic (exact) mass is 484 g/mol. The first kappa shape index (κ1) is 21.5. The summed E-state index contributed by atoms with van der Waals surface area (Å²) in [5, 5.41) is 1.11. The fraction of sp³-hybridized carbons (Fsp3) is 0.300. The lowest BCUT2D eigenvalue weighted by Gasteiger charge is -2.25. The largest absolute Gasteiger partial charge is 0.497 e. The number of rotatable bonds is 4. The number of hydrogen-bond acceptors (Lipinski definition) is 5. The summed E-state index contributed by atoms with van der Waals surface area (Å²) in [6.07, 6.45) is 0.129. The first-order chi connectivity index (χ1) is 14.3. The van der Waals surface area contributed by atoms with E-state index in [1.165, 1.54) is 11.8 Å². The maximum absolute atomic E-state index is 12.7. The smallest absolute Gasteiger partial charge is 0.252 e. The molecule has 0 aromatic heterocycles. The van der Waals surface area contributed by atoms with Crippen LogP contribution in [0.25, 0.3) is 0 Å². The number of nitrogens with zero attached hydrogens (tertiary/aromatic N) is 2. The van der Waals surface area contributed by atoms with E-state index in [1.54, 1.807) is 42.3 Å². The molecule has 2 aromatic rings. The Bertz CT molecular complexity index is 1120. The number of sulfone groups is 1. The molecule has 0 aliphatic carbocycles. The summed E-state index contributed by atoms with van der Waals surface area (Å²) in [5.41, 5.74) is 1.40. The molecule has 2 fully saturated rings.